The van der Waals surface area contributed by atoms with Crippen LogP contribution in [0.15, 0.2) is 12.7 Å². The maximum atomic E-state index is 14.2. The number of hydrogen-bond donors (Lipinski definition) is 1. The second-order valence-electron chi connectivity index (χ2n) is 10.6. The summed E-state index contributed by atoms with van der Waals surface area (Å²) in [6.07, 6.45) is 3.07. The highest BCUT2D eigenvalue weighted by atomic mass is 16.6. The predicted molar refractivity (Wildman–Crippen MR) is 123 cm³/mol. The van der Waals surface area contributed by atoms with Gasteiger partial charge in [0.2, 0.25) is 11.8 Å². The van der Waals surface area contributed by atoms with Crippen LogP contribution in [0.25, 0.3) is 0 Å². The van der Waals surface area contributed by atoms with Crippen molar-refractivity contribution in [1.82, 2.24) is 9.80 Å². The quantitative estimate of drug-likeness (QED) is 0.415. The Balaban J connectivity index is 2.14. The van der Waals surface area contributed by atoms with Crippen LogP contribution in [0.1, 0.15) is 60.8 Å². The van der Waals surface area contributed by atoms with E-state index >= 15 is 0 Å². The first-order valence-corrected chi connectivity index (χ1v) is 12.2. The lowest BCUT2D eigenvalue weighted by Gasteiger charge is -2.44. The highest BCUT2D eigenvalue weighted by molar-refractivity contribution is 5.98. The monoisotopic (exact) mass is 464 g/mol. The average molecular weight is 465 g/mol. The molecule has 8 nitrogen and oxygen atoms in total. The Labute approximate surface area is 197 Å². The molecule has 1 N–H and O–H groups in total. The third-order valence-electron chi connectivity index (χ3n) is 7.76. The van der Waals surface area contributed by atoms with Gasteiger partial charge in [-0.05, 0) is 46.5 Å². The van der Waals surface area contributed by atoms with E-state index in [2.05, 4.69) is 6.58 Å². The van der Waals surface area contributed by atoms with Gasteiger partial charge in [0.1, 0.15) is 11.6 Å². The maximum Gasteiger partial charge on any atom is 0.312 e. The molecule has 3 aliphatic heterocycles. The minimum atomic E-state index is -1.10. The molecule has 0 aromatic heterocycles. The molecule has 3 saturated heterocycles. The van der Waals surface area contributed by atoms with E-state index < -0.39 is 47.1 Å². The molecule has 0 aromatic carbocycles. The molecular weight excluding hydrogens is 424 g/mol. The van der Waals surface area contributed by atoms with Gasteiger partial charge in [0.25, 0.3) is 0 Å². The number of rotatable bonds is 9. The molecule has 0 unspecified atom stereocenters. The normalized spacial score (nSPS) is 32.5. The smallest absolute Gasteiger partial charge is 0.312 e. The van der Waals surface area contributed by atoms with Crippen molar-refractivity contribution in [2.24, 2.45) is 17.8 Å². The van der Waals surface area contributed by atoms with Crippen LogP contribution in [0.5, 0.6) is 0 Å². The number of amides is 2. The molecule has 2 amide bonds. The molecule has 3 rings (SSSR count). The zero-order chi connectivity index (χ0) is 24.7. The number of aliphatic hydroxyl groups is 1. The van der Waals surface area contributed by atoms with Crippen molar-refractivity contribution in [3.8, 4) is 0 Å². The lowest BCUT2D eigenvalue weighted by Crippen LogP contribution is -2.62. The first kappa shape index (κ1) is 25.7. The highest BCUT2D eigenvalue weighted by Crippen LogP contribution is 2.59. The van der Waals surface area contributed by atoms with Crippen LogP contribution in [0.3, 0.4) is 0 Å². The zero-order valence-corrected chi connectivity index (χ0v) is 20.9. The number of esters is 1. The summed E-state index contributed by atoms with van der Waals surface area (Å²) in [5, 5.41) is 10.3. The van der Waals surface area contributed by atoms with Crippen molar-refractivity contribution in [1.29, 1.82) is 0 Å². The topological polar surface area (TPSA) is 96.4 Å². The third-order valence-corrected chi connectivity index (χ3v) is 7.76. The molecule has 186 valence electrons. The first-order valence-electron chi connectivity index (χ1n) is 12.2. The van der Waals surface area contributed by atoms with Crippen molar-refractivity contribution in [2.45, 2.75) is 90.1 Å². The molecule has 3 fully saturated rings. The Kier molecular flexibility index (Phi) is 7.30. The summed E-state index contributed by atoms with van der Waals surface area (Å²) in [4.78, 5) is 44.4. The summed E-state index contributed by atoms with van der Waals surface area (Å²) in [6.45, 7) is 15.6. The van der Waals surface area contributed by atoms with Gasteiger partial charge in [-0.3, -0.25) is 14.4 Å². The molecule has 0 aromatic rings. The van der Waals surface area contributed by atoms with Crippen LogP contribution >= 0.6 is 0 Å². The summed E-state index contributed by atoms with van der Waals surface area (Å²) >= 11 is 0. The third kappa shape index (κ3) is 3.99. The highest BCUT2D eigenvalue weighted by Gasteiger charge is 2.76. The molecule has 33 heavy (non-hydrogen) atoms. The zero-order valence-electron chi connectivity index (χ0n) is 20.9. The van der Waals surface area contributed by atoms with Gasteiger partial charge in [0, 0.05) is 12.1 Å². The summed E-state index contributed by atoms with van der Waals surface area (Å²) in [5.74, 6) is -2.52. The minimum Gasteiger partial charge on any atom is -0.466 e. The fourth-order valence-corrected chi connectivity index (χ4v) is 6.02. The summed E-state index contributed by atoms with van der Waals surface area (Å²) in [7, 11) is 0. The molecule has 0 radical (unpaired) electrons. The Morgan fingerprint density at radius 2 is 2.06 bits per heavy atom. The second kappa shape index (κ2) is 9.37. The van der Waals surface area contributed by atoms with Gasteiger partial charge in [-0.15, -0.1) is 6.58 Å². The van der Waals surface area contributed by atoms with Gasteiger partial charge in [0.15, 0.2) is 0 Å². The summed E-state index contributed by atoms with van der Waals surface area (Å²) in [5.41, 5.74) is -1.61. The Bertz CT molecular complexity index is 792. The standard InChI is InChI=1S/C25H40N2O6/c1-8-13-26(24(5,6)7)22(30)20-25-12-11-17(33-25)18(23(31)32-10-3)19(25)21(29)27(20)16(14-28)15(4)9-2/h8,15-20,28H,1,9-14H2,2-7H3/t15-,16-,17-,18+,19+,20-,25+/m0/s1. The Hall–Kier alpha value is -1.93. The molecular formula is C25H40N2O6. The molecule has 7 atom stereocenters. The van der Waals surface area contributed by atoms with E-state index in [1.165, 1.54) is 0 Å². The first-order chi connectivity index (χ1) is 15.5. The van der Waals surface area contributed by atoms with Crippen LogP contribution in [0, 0.1) is 17.8 Å². The molecule has 1 spiro atoms. The van der Waals surface area contributed by atoms with Gasteiger partial charge in [0.05, 0.1) is 37.2 Å². The van der Waals surface area contributed by atoms with E-state index in [0.717, 1.165) is 6.42 Å². The second-order valence-corrected chi connectivity index (χ2v) is 10.6. The molecule has 2 bridgehead atoms. The number of hydrogen-bond acceptors (Lipinski definition) is 6. The van der Waals surface area contributed by atoms with E-state index in [4.69, 9.17) is 9.47 Å². The fraction of sp³-hybridized carbons (Fsp3) is 0.800. The number of carbonyl (C=O) groups excluding carboxylic acids is 3. The average Bonchev–Trinajstić information content (AvgIpc) is 3.39. The van der Waals surface area contributed by atoms with E-state index in [1.807, 2.05) is 34.6 Å². The van der Waals surface area contributed by atoms with E-state index in [-0.39, 0.29) is 30.9 Å². The predicted octanol–water partition coefficient (Wildman–Crippen LogP) is 2.14. The number of likely N-dealkylation sites (tertiary alicyclic amines) is 1. The molecule has 0 saturated carbocycles. The number of carbonyl (C=O) groups is 3. The van der Waals surface area contributed by atoms with E-state index in [1.54, 1.807) is 22.8 Å². The lowest BCUT2D eigenvalue weighted by molar-refractivity contribution is -0.158. The van der Waals surface area contributed by atoms with Crippen molar-refractivity contribution < 1.29 is 29.0 Å². The van der Waals surface area contributed by atoms with Gasteiger partial charge >= 0.3 is 5.97 Å². The Morgan fingerprint density at radius 3 is 2.58 bits per heavy atom. The van der Waals surface area contributed by atoms with Crippen LogP contribution in [0.4, 0.5) is 0 Å². The Morgan fingerprint density at radius 1 is 1.39 bits per heavy atom. The minimum absolute atomic E-state index is 0.0368. The van der Waals surface area contributed by atoms with Crippen molar-refractivity contribution in [3.63, 3.8) is 0 Å². The van der Waals surface area contributed by atoms with Gasteiger partial charge in [-0.25, -0.2) is 0 Å². The van der Waals surface area contributed by atoms with E-state index in [9.17, 15) is 19.5 Å². The number of fused-ring (bicyclic) bond motifs is 1. The van der Waals surface area contributed by atoms with Crippen molar-refractivity contribution in [2.75, 3.05) is 19.8 Å². The number of ether oxygens (including phenoxy) is 2. The van der Waals surface area contributed by atoms with E-state index in [0.29, 0.717) is 19.4 Å². The summed E-state index contributed by atoms with van der Waals surface area (Å²) < 4.78 is 11.7. The van der Waals surface area contributed by atoms with Gasteiger partial charge in [-0.2, -0.15) is 0 Å². The summed E-state index contributed by atoms with van der Waals surface area (Å²) in [6, 6.07) is -1.46. The number of aliphatic hydroxyl groups excluding tert-OH is 1. The van der Waals surface area contributed by atoms with Crippen LogP contribution in [0.2, 0.25) is 0 Å². The molecule has 8 heteroatoms. The van der Waals surface area contributed by atoms with Crippen LogP contribution in [-0.2, 0) is 23.9 Å². The largest absolute Gasteiger partial charge is 0.466 e. The fourth-order valence-electron chi connectivity index (χ4n) is 6.02. The van der Waals surface area contributed by atoms with Crippen molar-refractivity contribution >= 4 is 17.8 Å². The van der Waals surface area contributed by atoms with Crippen LogP contribution in [-0.4, -0.2) is 81.8 Å². The van der Waals surface area contributed by atoms with Gasteiger partial charge in [-0.1, -0.05) is 26.3 Å². The molecule has 3 heterocycles. The molecule has 3 aliphatic rings. The van der Waals surface area contributed by atoms with Crippen molar-refractivity contribution in [3.05, 3.63) is 12.7 Å². The van der Waals surface area contributed by atoms with Gasteiger partial charge < -0.3 is 24.4 Å². The molecule has 0 aliphatic carbocycles. The number of nitrogens with zero attached hydrogens (tertiary/aromatic N) is 2. The maximum absolute atomic E-state index is 14.2. The van der Waals surface area contributed by atoms with Crippen LogP contribution < -0.4 is 0 Å². The lowest BCUT2D eigenvalue weighted by atomic mass is 9.70. The SMILES string of the molecule is C=CCN(C(=O)[C@@H]1N([C@@H](CO)[C@@H](C)CC)C(=O)[C@H]2[C@H](C(=O)OCC)[C@@H]3CC[C@]12O3)C(C)(C)C.